The summed E-state index contributed by atoms with van der Waals surface area (Å²) in [5.74, 6) is -0.870. The number of amides is 4. The van der Waals surface area contributed by atoms with Gasteiger partial charge in [-0.3, -0.25) is 19.3 Å². The van der Waals surface area contributed by atoms with Crippen molar-refractivity contribution in [2.24, 2.45) is 5.92 Å². The van der Waals surface area contributed by atoms with Gasteiger partial charge < -0.3 is 10.6 Å². The molecule has 1 aliphatic rings. The smallest absolute Gasteiger partial charge is 0.325 e. The third kappa shape index (κ3) is 4.97. The monoisotopic (exact) mass is 449 g/mol. The first-order chi connectivity index (χ1) is 15.9. The lowest BCUT2D eigenvalue weighted by Crippen LogP contribution is -2.44. The highest BCUT2D eigenvalue weighted by Gasteiger charge is 2.52. The van der Waals surface area contributed by atoms with Gasteiger partial charge in [0.05, 0.1) is 6.54 Å². The van der Waals surface area contributed by atoms with Gasteiger partial charge in [-0.1, -0.05) is 57.5 Å². The molecule has 1 heterocycles. The van der Waals surface area contributed by atoms with E-state index in [0.717, 1.165) is 17.7 Å². The van der Waals surface area contributed by atoms with Crippen LogP contribution in [0.3, 0.4) is 0 Å². The van der Waals surface area contributed by atoms with E-state index in [0.29, 0.717) is 29.7 Å². The Labute approximate surface area is 194 Å². The van der Waals surface area contributed by atoms with Crippen LogP contribution >= 0.6 is 0 Å². The number of nitrogens with one attached hydrogen (secondary N) is 2. The van der Waals surface area contributed by atoms with Crippen LogP contribution in [-0.2, 0) is 15.1 Å². The van der Waals surface area contributed by atoms with Crippen LogP contribution in [0.4, 0.5) is 10.5 Å². The number of anilines is 1. The first kappa shape index (κ1) is 24.2. The zero-order chi connectivity index (χ0) is 24.0. The standard InChI is InChI=1S/C26H31N3O4/c1-4-16-26(20-10-8-7-9-11-20)24(32)29(25(33)28-26)17-22(30)19-12-14-21(15-13-19)27-23(31)18(5-2)6-3/h7-15,18H,4-6,16-17H2,1-3H3,(H,27,31)(H,28,33). The number of nitrogens with zero attached hydrogens (tertiary/aromatic N) is 1. The maximum absolute atomic E-state index is 13.3. The minimum Gasteiger partial charge on any atom is -0.326 e. The number of carbonyl (C=O) groups is 4. The highest BCUT2D eigenvalue weighted by molar-refractivity contribution is 6.11. The lowest BCUT2D eigenvalue weighted by Gasteiger charge is -2.26. The van der Waals surface area contributed by atoms with Crippen LogP contribution in [0.2, 0.25) is 0 Å². The number of imide groups is 1. The van der Waals surface area contributed by atoms with E-state index in [1.54, 1.807) is 24.3 Å². The van der Waals surface area contributed by atoms with Crippen LogP contribution in [0.5, 0.6) is 0 Å². The summed E-state index contributed by atoms with van der Waals surface area (Å²) in [7, 11) is 0. The molecular weight excluding hydrogens is 418 g/mol. The topological polar surface area (TPSA) is 95.6 Å². The first-order valence-electron chi connectivity index (χ1n) is 11.5. The van der Waals surface area contributed by atoms with Crippen molar-refractivity contribution in [3.63, 3.8) is 0 Å². The van der Waals surface area contributed by atoms with Crippen molar-refractivity contribution < 1.29 is 19.2 Å². The average molecular weight is 450 g/mol. The fraction of sp³-hybridized carbons (Fsp3) is 0.385. The third-order valence-corrected chi connectivity index (χ3v) is 6.20. The number of ketones is 1. The molecule has 0 aromatic heterocycles. The minimum absolute atomic E-state index is 0.0495. The molecule has 0 radical (unpaired) electrons. The Morgan fingerprint density at radius 1 is 0.970 bits per heavy atom. The van der Waals surface area contributed by atoms with E-state index in [1.165, 1.54) is 0 Å². The molecule has 0 saturated carbocycles. The normalized spacial score (nSPS) is 17.9. The lowest BCUT2D eigenvalue weighted by molar-refractivity contribution is -0.131. The zero-order valence-corrected chi connectivity index (χ0v) is 19.4. The number of Topliss-reactive ketones (excluding diaryl/α,β-unsaturated/α-hetero) is 1. The van der Waals surface area contributed by atoms with E-state index >= 15 is 0 Å². The molecule has 7 heteroatoms. The van der Waals surface area contributed by atoms with Crippen molar-refractivity contribution >= 4 is 29.3 Å². The summed E-state index contributed by atoms with van der Waals surface area (Å²) in [5.41, 5.74) is 0.516. The van der Waals surface area contributed by atoms with Crippen molar-refractivity contribution in [3.8, 4) is 0 Å². The van der Waals surface area contributed by atoms with Crippen LogP contribution in [0, 0.1) is 5.92 Å². The summed E-state index contributed by atoms with van der Waals surface area (Å²) >= 11 is 0. The maximum atomic E-state index is 13.3. The summed E-state index contributed by atoms with van der Waals surface area (Å²) in [5, 5.41) is 5.69. The maximum Gasteiger partial charge on any atom is 0.325 e. The van der Waals surface area contributed by atoms with Gasteiger partial charge in [0.2, 0.25) is 5.91 Å². The molecule has 1 aliphatic heterocycles. The Balaban J connectivity index is 1.73. The molecule has 1 atom stereocenters. The molecule has 1 unspecified atom stereocenters. The van der Waals surface area contributed by atoms with Gasteiger partial charge in [0.15, 0.2) is 5.78 Å². The van der Waals surface area contributed by atoms with Gasteiger partial charge in [-0.25, -0.2) is 4.79 Å². The van der Waals surface area contributed by atoms with Gasteiger partial charge in [-0.2, -0.15) is 0 Å². The van der Waals surface area contributed by atoms with Gasteiger partial charge in [0, 0.05) is 17.2 Å². The second-order valence-corrected chi connectivity index (χ2v) is 8.35. The number of rotatable bonds is 10. The summed E-state index contributed by atoms with van der Waals surface area (Å²) in [6, 6.07) is 15.1. The lowest BCUT2D eigenvalue weighted by atomic mass is 9.85. The predicted molar refractivity (Wildman–Crippen MR) is 127 cm³/mol. The number of urea groups is 1. The molecular formula is C26H31N3O4. The zero-order valence-electron chi connectivity index (χ0n) is 19.4. The highest BCUT2D eigenvalue weighted by atomic mass is 16.2. The second-order valence-electron chi connectivity index (χ2n) is 8.35. The molecule has 174 valence electrons. The Hall–Kier alpha value is -3.48. The van der Waals surface area contributed by atoms with Gasteiger partial charge in [-0.05, 0) is 49.1 Å². The molecule has 7 nitrogen and oxygen atoms in total. The second kappa shape index (κ2) is 10.4. The Morgan fingerprint density at radius 3 is 2.18 bits per heavy atom. The van der Waals surface area contributed by atoms with E-state index in [1.807, 2.05) is 51.1 Å². The van der Waals surface area contributed by atoms with Crippen molar-refractivity contribution in [2.45, 2.75) is 52.0 Å². The fourth-order valence-corrected chi connectivity index (χ4v) is 4.25. The highest BCUT2D eigenvalue weighted by Crippen LogP contribution is 2.33. The summed E-state index contributed by atoms with van der Waals surface area (Å²) in [4.78, 5) is 52.2. The Kier molecular flexibility index (Phi) is 7.63. The fourth-order valence-electron chi connectivity index (χ4n) is 4.25. The van der Waals surface area contributed by atoms with Crippen molar-refractivity contribution in [1.29, 1.82) is 0 Å². The van der Waals surface area contributed by atoms with Crippen LogP contribution in [0.1, 0.15) is 62.4 Å². The van der Waals surface area contributed by atoms with Gasteiger partial charge in [0.25, 0.3) is 5.91 Å². The molecule has 1 saturated heterocycles. The molecule has 2 aromatic rings. The van der Waals surface area contributed by atoms with Gasteiger partial charge >= 0.3 is 6.03 Å². The molecule has 1 fully saturated rings. The van der Waals surface area contributed by atoms with Crippen molar-refractivity contribution in [2.75, 3.05) is 11.9 Å². The van der Waals surface area contributed by atoms with Gasteiger partial charge in [0.1, 0.15) is 5.54 Å². The molecule has 4 amide bonds. The summed E-state index contributed by atoms with van der Waals surface area (Å²) in [6.45, 7) is 5.54. The Morgan fingerprint density at radius 2 is 1.61 bits per heavy atom. The molecule has 0 aliphatic carbocycles. The molecule has 3 rings (SSSR count). The SMILES string of the molecule is CCCC1(c2ccccc2)NC(=O)N(CC(=O)c2ccc(NC(=O)C(CC)CC)cc2)C1=O. The average Bonchev–Trinajstić information content (AvgIpc) is 3.06. The van der Waals surface area contributed by atoms with Crippen molar-refractivity contribution in [3.05, 3.63) is 65.7 Å². The van der Waals surface area contributed by atoms with E-state index < -0.39 is 17.5 Å². The van der Waals surface area contributed by atoms with Crippen LogP contribution in [0.15, 0.2) is 54.6 Å². The largest absolute Gasteiger partial charge is 0.326 e. The van der Waals surface area contributed by atoms with E-state index in [2.05, 4.69) is 10.6 Å². The van der Waals surface area contributed by atoms with E-state index in [-0.39, 0.29) is 24.2 Å². The molecule has 2 N–H and O–H groups in total. The van der Waals surface area contributed by atoms with Crippen LogP contribution in [0.25, 0.3) is 0 Å². The van der Waals surface area contributed by atoms with Crippen molar-refractivity contribution in [1.82, 2.24) is 10.2 Å². The Bertz CT molecular complexity index is 1020. The quantitative estimate of drug-likeness (QED) is 0.413. The summed E-state index contributed by atoms with van der Waals surface area (Å²) < 4.78 is 0. The predicted octanol–water partition coefficient (Wildman–Crippen LogP) is 4.49. The number of carbonyl (C=O) groups excluding carboxylic acids is 4. The van der Waals surface area contributed by atoms with E-state index in [9.17, 15) is 19.2 Å². The summed E-state index contributed by atoms with van der Waals surface area (Å²) in [6.07, 6.45) is 2.64. The third-order valence-electron chi connectivity index (χ3n) is 6.20. The molecule has 33 heavy (non-hydrogen) atoms. The number of benzene rings is 2. The number of hydrogen-bond acceptors (Lipinski definition) is 4. The van der Waals surface area contributed by atoms with Crippen LogP contribution < -0.4 is 10.6 Å². The first-order valence-corrected chi connectivity index (χ1v) is 11.5. The molecule has 2 aromatic carbocycles. The van der Waals surface area contributed by atoms with Crippen LogP contribution in [-0.4, -0.2) is 35.1 Å². The minimum atomic E-state index is -1.16. The molecule has 0 bridgehead atoms. The number of hydrogen-bond donors (Lipinski definition) is 2. The van der Waals surface area contributed by atoms with Gasteiger partial charge in [-0.15, -0.1) is 0 Å². The van der Waals surface area contributed by atoms with E-state index in [4.69, 9.17) is 0 Å². The molecule has 0 spiro atoms.